The Kier molecular flexibility index (Phi) is 2.96. The van der Waals surface area contributed by atoms with Crippen LogP contribution < -0.4 is 5.73 Å². The van der Waals surface area contributed by atoms with Gasteiger partial charge in [-0.1, -0.05) is 0 Å². The van der Waals surface area contributed by atoms with Crippen LogP contribution in [0.1, 0.15) is 18.3 Å². The van der Waals surface area contributed by atoms with Gasteiger partial charge in [-0.15, -0.1) is 0 Å². The first-order valence-electron chi connectivity index (χ1n) is 5.23. The first kappa shape index (κ1) is 10.8. The molecule has 5 heteroatoms. The average molecular weight is 217 g/mol. The molecule has 2 rings (SSSR count). The molecular weight excluding hydrogens is 202 g/mol. The molecule has 0 spiro atoms. The summed E-state index contributed by atoms with van der Waals surface area (Å²) in [7, 11) is 0. The van der Waals surface area contributed by atoms with Gasteiger partial charge in [-0.2, -0.15) is 0 Å². The molecule has 0 amide bonds. The fraction of sp³-hybridized carbons (Fsp3) is 0.364. The molecule has 0 radical (unpaired) electrons. The van der Waals surface area contributed by atoms with Gasteiger partial charge in [0.25, 0.3) is 0 Å². The van der Waals surface area contributed by atoms with Gasteiger partial charge in [0, 0.05) is 30.8 Å². The number of aryl methyl sites for hydroxylation is 1. The molecule has 0 saturated heterocycles. The second-order valence-corrected chi connectivity index (χ2v) is 3.92. The number of hydrogen-bond donors (Lipinski definition) is 1. The van der Waals surface area contributed by atoms with E-state index in [0.29, 0.717) is 5.95 Å². The maximum Gasteiger partial charge on any atom is 0.235 e. The summed E-state index contributed by atoms with van der Waals surface area (Å²) in [6.45, 7) is 3.88. The highest BCUT2D eigenvalue weighted by molar-refractivity contribution is 5.17. The largest absolute Gasteiger partial charge is 0.328 e. The summed E-state index contributed by atoms with van der Waals surface area (Å²) in [5.74, 6) is 1.52. The third-order valence-corrected chi connectivity index (χ3v) is 2.29. The summed E-state index contributed by atoms with van der Waals surface area (Å²) < 4.78 is 1.84. The van der Waals surface area contributed by atoms with Crippen LogP contribution in [0.4, 0.5) is 0 Å². The van der Waals surface area contributed by atoms with Crippen LogP contribution in [0.5, 0.6) is 0 Å². The smallest absolute Gasteiger partial charge is 0.235 e. The van der Waals surface area contributed by atoms with Gasteiger partial charge in [-0.05, 0) is 25.8 Å². The van der Waals surface area contributed by atoms with E-state index in [0.717, 1.165) is 17.8 Å². The predicted octanol–water partition coefficient (Wildman–Crippen LogP) is 0.860. The molecule has 16 heavy (non-hydrogen) atoms. The topological polar surface area (TPSA) is 69.6 Å². The van der Waals surface area contributed by atoms with Crippen molar-refractivity contribution < 1.29 is 0 Å². The second kappa shape index (κ2) is 4.40. The van der Waals surface area contributed by atoms with Crippen LogP contribution in [-0.4, -0.2) is 25.6 Å². The van der Waals surface area contributed by atoms with Crippen LogP contribution >= 0.6 is 0 Å². The Morgan fingerprint density at radius 1 is 1.31 bits per heavy atom. The van der Waals surface area contributed by atoms with Crippen molar-refractivity contribution in [2.45, 2.75) is 26.3 Å². The van der Waals surface area contributed by atoms with Gasteiger partial charge in [0.1, 0.15) is 5.82 Å². The van der Waals surface area contributed by atoms with Crippen LogP contribution in [0.3, 0.4) is 0 Å². The zero-order chi connectivity index (χ0) is 11.5. The Morgan fingerprint density at radius 2 is 2.00 bits per heavy atom. The molecule has 0 aromatic carbocycles. The maximum absolute atomic E-state index is 5.71. The van der Waals surface area contributed by atoms with Gasteiger partial charge in [-0.3, -0.25) is 4.57 Å². The molecule has 0 aliphatic carbocycles. The Bertz CT molecular complexity index is 457. The predicted molar refractivity (Wildman–Crippen MR) is 61.2 cm³/mol. The van der Waals surface area contributed by atoms with Crippen LogP contribution in [0.15, 0.2) is 24.8 Å². The molecule has 2 aromatic heterocycles. The van der Waals surface area contributed by atoms with Crippen LogP contribution in [0.25, 0.3) is 5.95 Å². The molecule has 2 heterocycles. The van der Waals surface area contributed by atoms with E-state index in [4.69, 9.17) is 5.73 Å². The van der Waals surface area contributed by atoms with Gasteiger partial charge in [-0.25, -0.2) is 15.0 Å². The number of hydrogen-bond acceptors (Lipinski definition) is 4. The number of aromatic nitrogens is 4. The monoisotopic (exact) mass is 217 g/mol. The zero-order valence-corrected chi connectivity index (χ0v) is 9.46. The molecule has 2 N–H and O–H groups in total. The molecule has 1 atom stereocenters. The average Bonchev–Trinajstić information content (AvgIpc) is 2.65. The molecule has 0 fully saturated rings. The van der Waals surface area contributed by atoms with Gasteiger partial charge in [0.15, 0.2) is 0 Å². The highest BCUT2D eigenvalue weighted by atomic mass is 15.2. The van der Waals surface area contributed by atoms with E-state index in [-0.39, 0.29) is 6.04 Å². The summed E-state index contributed by atoms with van der Waals surface area (Å²) in [5, 5.41) is 0. The highest BCUT2D eigenvalue weighted by Gasteiger charge is 2.04. The molecule has 1 unspecified atom stereocenters. The van der Waals surface area contributed by atoms with E-state index in [9.17, 15) is 0 Å². The first-order chi connectivity index (χ1) is 7.66. The lowest BCUT2D eigenvalue weighted by atomic mass is 10.1. The van der Waals surface area contributed by atoms with Gasteiger partial charge in [0.2, 0.25) is 5.95 Å². The minimum Gasteiger partial charge on any atom is -0.328 e. The van der Waals surface area contributed by atoms with Gasteiger partial charge in [0.05, 0.1) is 0 Å². The Labute approximate surface area is 94.4 Å². The van der Waals surface area contributed by atoms with Crippen molar-refractivity contribution in [3.8, 4) is 5.95 Å². The van der Waals surface area contributed by atoms with Crippen molar-refractivity contribution in [1.29, 1.82) is 0 Å². The van der Waals surface area contributed by atoms with Crippen LogP contribution in [0.2, 0.25) is 0 Å². The Morgan fingerprint density at radius 3 is 2.50 bits per heavy atom. The van der Waals surface area contributed by atoms with Crippen molar-refractivity contribution in [3.63, 3.8) is 0 Å². The fourth-order valence-corrected chi connectivity index (χ4v) is 1.54. The van der Waals surface area contributed by atoms with Crippen molar-refractivity contribution >= 4 is 0 Å². The van der Waals surface area contributed by atoms with Crippen molar-refractivity contribution in [1.82, 2.24) is 19.5 Å². The highest BCUT2D eigenvalue weighted by Crippen LogP contribution is 2.05. The number of imidazole rings is 1. The molecular formula is C11H15N5. The Hall–Kier alpha value is -1.75. The second-order valence-electron chi connectivity index (χ2n) is 3.92. The normalized spacial score (nSPS) is 12.7. The Balaban J connectivity index is 2.23. The molecule has 0 saturated carbocycles. The van der Waals surface area contributed by atoms with E-state index in [1.165, 1.54) is 0 Å². The van der Waals surface area contributed by atoms with E-state index >= 15 is 0 Å². The lowest BCUT2D eigenvalue weighted by molar-refractivity contribution is 0.729. The summed E-state index contributed by atoms with van der Waals surface area (Å²) in [5.41, 5.74) is 6.76. The lowest BCUT2D eigenvalue weighted by Crippen LogP contribution is -2.18. The molecule has 2 aromatic rings. The summed E-state index contributed by atoms with van der Waals surface area (Å²) in [6, 6.07) is 0.129. The van der Waals surface area contributed by atoms with Crippen molar-refractivity contribution in [2.75, 3.05) is 0 Å². The van der Waals surface area contributed by atoms with E-state index < -0.39 is 0 Å². The van der Waals surface area contributed by atoms with E-state index in [1.54, 1.807) is 6.20 Å². The molecule has 0 aliphatic rings. The molecule has 0 aliphatic heterocycles. The van der Waals surface area contributed by atoms with Crippen LogP contribution in [0, 0.1) is 6.92 Å². The number of nitrogens with two attached hydrogens (primary N) is 1. The quantitative estimate of drug-likeness (QED) is 0.827. The SMILES string of the molecule is Cc1nccn1-c1ncc(CC(C)N)cn1. The van der Waals surface area contributed by atoms with E-state index in [1.807, 2.05) is 37.0 Å². The third-order valence-electron chi connectivity index (χ3n) is 2.29. The minimum absolute atomic E-state index is 0.129. The summed E-state index contributed by atoms with van der Waals surface area (Å²) >= 11 is 0. The van der Waals surface area contributed by atoms with Crippen molar-refractivity contribution in [2.24, 2.45) is 5.73 Å². The number of rotatable bonds is 3. The zero-order valence-electron chi connectivity index (χ0n) is 9.46. The molecule has 5 nitrogen and oxygen atoms in total. The third kappa shape index (κ3) is 2.25. The summed E-state index contributed by atoms with van der Waals surface area (Å²) in [4.78, 5) is 12.7. The van der Waals surface area contributed by atoms with E-state index in [2.05, 4.69) is 15.0 Å². The first-order valence-corrected chi connectivity index (χ1v) is 5.23. The van der Waals surface area contributed by atoms with Crippen LogP contribution in [-0.2, 0) is 6.42 Å². The fourth-order valence-electron chi connectivity index (χ4n) is 1.54. The standard InChI is InChI=1S/C11H15N5/c1-8(12)5-10-6-14-11(15-7-10)16-4-3-13-9(16)2/h3-4,6-8H,5,12H2,1-2H3. The van der Waals surface area contributed by atoms with Crippen molar-refractivity contribution in [3.05, 3.63) is 36.2 Å². The minimum atomic E-state index is 0.129. The number of nitrogens with zero attached hydrogens (tertiary/aromatic N) is 4. The van der Waals surface area contributed by atoms with Gasteiger partial charge < -0.3 is 5.73 Å². The maximum atomic E-state index is 5.71. The molecule has 0 bridgehead atoms. The lowest BCUT2D eigenvalue weighted by Gasteiger charge is -2.06. The van der Waals surface area contributed by atoms with Gasteiger partial charge >= 0.3 is 0 Å². The summed E-state index contributed by atoms with van der Waals surface area (Å²) in [6.07, 6.45) is 7.99. The molecule has 84 valence electrons.